The first-order valence-electron chi connectivity index (χ1n) is 19.1. The van der Waals surface area contributed by atoms with Crippen LogP contribution in [0.3, 0.4) is 0 Å². The predicted molar refractivity (Wildman–Crippen MR) is 196 cm³/mol. The van der Waals surface area contributed by atoms with Crippen molar-refractivity contribution in [1.82, 2.24) is 0 Å². The number of rotatable bonds is 23. The standard InChI is InChI=1S/C37H68O21/c1-39-14-18-22(38)26(43-5)30(47-9)35(52-18)56-24-20(16-41-3)54-37(32(49-11)28(24)45-7)58-25-21(17-42-4)55-36(33(50-12)29(25)46-8)57-23-19(15-40-2)53-34(51-13)31(48-10)27(23)44-6/h18-38H,14-17H2,1-13H3/t18?,19?,20?,21?,22?,23?,24?,25?,26-,27-,28-,29-,30?,31?,32?,33?,34?,35?,36?,37?/m1/s1. The molecular weight excluding hydrogens is 780 g/mol. The second-order valence-electron chi connectivity index (χ2n) is 14.1. The van der Waals surface area contributed by atoms with Crippen molar-refractivity contribution in [3.8, 4) is 0 Å². The molecule has 0 amide bonds. The summed E-state index contributed by atoms with van der Waals surface area (Å²) in [5.41, 5.74) is 0. The molecule has 21 nitrogen and oxygen atoms in total. The fourth-order valence-electron chi connectivity index (χ4n) is 8.27. The largest absolute Gasteiger partial charge is 0.387 e. The zero-order valence-electron chi connectivity index (χ0n) is 36.0. The summed E-state index contributed by atoms with van der Waals surface area (Å²) in [6.45, 7) is 0.332. The monoisotopic (exact) mass is 848 g/mol. The Labute approximate surface area is 341 Å². The molecule has 0 radical (unpaired) electrons. The van der Waals surface area contributed by atoms with Crippen LogP contribution < -0.4 is 0 Å². The predicted octanol–water partition coefficient (Wildman–Crippen LogP) is -1.25. The molecule has 16 unspecified atom stereocenters. The maximum Gasteiger partial charge on any atom is 0.187 e. The summed E-state index contributed by atoms with van der Waals surface area (Å²) in [7, 11) is 19.7. The minimum atomic E-state index is -1.10. The summed E-state index contributed by atoms with van der Waals surface area (Å²) < 4.78 is 121. The van der Waals surface area contributed by atoms with Gasteiger partial charge in [0.1, 0.15) is 97.7 Å². The van der Waals surface area contributed by atoms with Crippen LogP contribution in [0.4, 0.5) is 0 Å². The fraction of sp³-hybridized carbons (Fsp3) is 1.00. The van der Waals surface area contributed by atoms with Crippen molar-refractivity contribution in [2.45, 2.75) is 123 Å². The summed E-state index contributed by atoms with van der Waals surface area (Å²) in [6.07, 6.45) is -16.9. The van der Waals surface area contributed by atoms with Crippen molar-refractivity contribution in [1.29, 1.82) is 0 Å². The van der Waals surface area contributed by atoms with Crippen molar-refractivity contribution in [3.63, 3.8) is 0 Å². The topological polar surface area (TPSA) is 205 Å². The SMILES string of the molecule is COCC1OC(OC2C(COC)OC(OC3C(COC)OC(OC4C(COC)OC(OC)C(OC)[C@@H]4OC)C(OC)[C@@H]3OC)C(OC)[C@@H]2OC)C(OC)[C@H](OC)C1O. The van der Waals surface area contributed by atoms with Gasteiger partial charge in [-0.2, -0.15) is 0 Å². The molecule has 0 aliphatic carbocycles. The van der Waals surface area contributed by atoms with Gasteiger partial charge in [-0.3, -0.25) is 0 Å². The Bertz CT molecular complexity index is 1130. The van der Waals surface area contributed by atoms with E-state index in [0.717, 1.165) is 0 Å². The Hall–Kier alpha value is -0.840. The molecule has 20 atom stereocenters. The molecule has 58 heavy (non-hydrogen) atoms. The molecule has 0 aromatic rings. The molecule has 0 bridgehead atoms. The highest BCUT2D eigenvalue weighted by Gasteiger charge is 2.57. The molecule has 4 rings (SSSR count). The molecule has 4 saturated heterocycles. The van der Waals surface area contributed by atoms with E-state index >= 15 is 0 Å². The van der Waals surface area contributed by atoms with E-state index in [2.05, 4.69) is 0 Å². The van der Waals surface area contributed by atoms with Gasteiger partial charge in [0, 0.05) is 92.4 Å². The Balaban J connectivity index is 1.62. The molecule has 4 aliphatic heterocycles. The van der Waals surface area contributed by atoms with Gasteiger partial charge in [-0.15, -0.1) is 0 Å². The zero-order valence-corrected chi connectivity index (χ0v) is 36.0. The van der Waals surface area contributed by atoms with Crippen LogP contribution in [0.15, 0.2) is 0 Å². The lowest BCUT2D eigenvalue weighted by molar-refractivity contribution is -0.394. The lowest BCUT2D eigenvalue weighted by Crippen LogP contribution is -2.68. The van der Waals surface area contributed by atoms with Crippen molar-refractivity contribution in [2.75, 3.05) is 119 Å². The summed E-state index contributed by atoms with van der Waals surface area (Å²) in [6, 6.07) is 0. The van der Waals surface area contributed by atoms with Crippen LogP contribution in [-0.2, 0) is 94.7 Å². The summed E-state index contributed by atoms with van der Waals surface area (Å²) >= 11 is 0. The van der Waals surface area contributed by atoms with Crippen LogP contribution in [-0.4, -0.2) is 247 Å². The minimum Gasteiger partial charge on any atom is -0.387 e. The van der Waals surface area contributed by atoms with Crippen LogP contribution in [0.2, 0.25) is 0 Å². The first kappa shape index (κ1) is 49.8. The van der Waals surface area contributed by atoms with E-state index in [1.165, 1.54) is 78.2 Å². The second kappa shape index (κ2) is 24.7. The van der Waals surface area contributed by atoms with Gasteiger partial charge in [-0.05, 0) is 0 Å². The van der Waals surface area contributed by atoms with E-state index < -0.39 is 123 Å². The summed E-state index contributed by atoms with van der Waals surface area (Å²) in [5.74, 6) is 0. The maximum atomic E-state index is 11.0. The third-order valence-electron chi connectivity index (χ3n) is 11.0. The molecule has 0 spiro atoms. The van der Waals surface area contributed by atoms with Crippen LogP contribution in [0.1, 0.15) is 0 Å². The van der Waals surface area contributed by atoms with E-state index in [0.29, 0.717) is 0 Å². The Morgan fingerprint density at radius 1 is 0.293 bits per heavy atom. The quantitative estimate of drug-likeness (QED) is 0.128. The summed E-state index contributed by atoms with van der Waals surface area (Å²) in [5, 5.41) is 11.0. The smallest absolute Gasteiger partial charge is 0.187 e. The normalized spacial score (nSPS) is 43.8. The van der Waals surface area contributed by atoms with Gasteiger partial charge in [-0.1, -0.05) is 0 Å². The minimum absolute atomic E-state index is 0.0508. The van der Waals surface area contributed by atoms with E-state index in [9.17, 15) is 5.11 Å². The molecule has 342 valence electrons. The second-order valence-corrected chi connectivity index (χ2v) is 14.1. The van der Waals surface area contributed by atoms with Gasteiger partial charge < -0.3 is 99.8 Å². The lowest BCUT2D eigenvalue weighted by Gasteiger charge is -2.51. The third-order valence-corrected chi connectivity index (χ3v) is 11.0. The summed E-state index contributed by atoms with van der Waals surface area (Å²) in [4.78, 5) is 0. The molecule has 0 aromatic heterocycles. The maximum absolute atomic E-state index is 11.0. The highest BCUT2D eigenvalue weighted by molar-refractivity contribution is 5.00. The van der Waals surface area contributed by atoms with Crippen molar-refractivity contribution < 1.29 is 99.8 Å². The van der Waals surface area contributed by atoms with Crippen LogP contribution in [0.25, 0.3) is 0 Å². The molecule has 0 aromatic carbocycles. The Morgan fingerprint density at radius 2 is 0.552 bits per heavy atom. The lowest BCUT2D eigenvalue weighted by atomic mass is 9.95. The van der Waals surface area contributed by atoms with E-state index in [1.807, 2.05) is 0 Å². The number of aliphatic hydroxyl groups is 1. The van der Waals surface area contributed by atoms with Gasteiger partial charge in [0.25, 0.3) is 0 Å². The highest BCUT2D eigenvalue weighted by atomic mass is 16.8. The molecule has 4 aliphatic rings. The fourth-order valence-corrected chi connectivity index (χ4v) is 8.27. The molecular formula is C37H68O21. The number of hydrogen-bond acceptors (Lipinski definition) is 21. The van der Waals surface area contributed by atoms with Gasteiger partial charge >= 0.3 is 0 Å². The number of methoxy groups -OCH3 is 13. The van der Waals surface area contributed by atoms with E-state index in [-0.39, 0.29) is 26.4 Å². The van der Waals surface area contributed by atoms with E-state index in [1.54, 1.807) is 14.2 Å². The van der Waals surface area contributed by atoms with Crippen LogP contribution >= 0.6 is 0 Å². The molecule has 0 saturated carbocycles. The Kier molecular flexibility index (Phi) is 21.2. The zero-order chi connectivity index (χ0) is 42.5. The molecule has 4 heterocycles. The number of ether oxygens (including phenoxy) is 20. The highest BCUT2D eigenvalue weighted by Crippen LogP contribution is 2.38. The number of hydrogen-bond donors (Lipinski definition) is 1. The average Bonchev–Trinajstić information content (AvgIpc) is 3.23. The molecule has 1 N–H and O–H groups in total. The molecule has 21 heteroatoms. The van der Waals surface area contributed by atoms with Crippen LogP contribution in [0, 0.1) is 0 Å². The molecule has 4 fully saturated rings. The van der Waals surface area contributed by atoms with E-state index in [4.69, 9.17) is 94.7 Å². The van der Waals surface area contributed by atoms with Gasteiger partial charge in [-0.25, -0.2) is 0 Å². The third kappa shape index (κ3) is 11.0. The first-order chi connectivity index (χ1) is 28.1. The van der Waals surface area contributed by atoms with Crippen molar-refractivity contribution in [3.05, 3.63) is 0 Å². The van der Waals surface area contributed by atoms with Crippen molar-refractivity contribution in [2.24, 2.45) is 0 Å². The average molecular weight is 849 g/mol. The van der Waals surface area contributed by atoms with Gasteiger partial charge in [0.15, 0.2) is 25.2 Å². The van der Waals surface area contributed by atoms with Gasteiger partial charge in [0.05, 0.1) is 26.4 Å². The van der Waals surface area contributed by atoms with Crippen LogP contribution in [0.5, 0.6) is 0 Å². The number of aliphatic hydroxyl groups excluding tert-OH is 1. The van der Waals surface area contributed by atoms with Crippen molar-refractivity contribution >= 4 is 0 Å². The van der Waals surface area contributed by atoms with Gasteiger partial charge in [0.2, 0.25) is 0 Å². The first-order valence-corrected chi connectivity index (χ1v) is 19.1. The Morgan fingerprint density at radius 3 is 0.845 bits per heavy atom.